The van der Waals surface area contributed by atoms with Crippen molar-refractivity contribution in [1.82, 2.24) is 25.0 Å². The number of ether oxygens (including phenoxy) is 1. The van der Waals surface area contributed by atoms with Crippen molar-refractivity contribution in [3.63, 3.8) is 0 Å². The first kappa shape index (κ1) is 20.1. The predicted molar refractivity (Wildman–Crippen MR) is 114 cm³/mol. The van der Waals surface area contributed by atoms with Crippen LogP contribution < -0.4 is 10.1 Å². The van der Waals surface area contributed by atoms with Gasteiger partial charge in [0.2, 0.25) is 0 Å². The Morgan fingerprint density at radius 2 is 1.97 bits per heavy atom. The summed E-state index contributed by atoms with van der Waals surface area (Å²) in [7, 11) is 1.68. The van der Waals surface area contributed by atoms with Gasteiger partial charge in [0, 0.05) is 12.1 Å². The maximum absolute atomic E-state index is 12.8. The second-order valence-corrected chi connectivity index (χ2v) is 7.54. The molecule has 0 saturated carbocycles. The van der Waals surface area contributed by atoms with Crippen LogP contribution in [0.1, 0.15) is 40.4 Å². The number of methoxy groups -OCH3 is 1. The summed E-state index contributed by atoms with van der Waals surface area (Å²) < 4.78 is 7.15. The summed E-state index contributed by atoms with van der Waals surface area (Å²) in [4.78, 5) is 19.2. The van der Waals surface area contributed by atoms with Gasteiger partial charge in [0.25, 0.3) is 5.91 Å². The molecule has 7 heteroatoms. The summed E-state index contributed by atoms with van der Waals surface area (Å²) in [6.07, 6.45) is 5.59. The topological polar surface area (TPSA) is 72.3 Å². The van der Waals surface area contributed by atoms with Crippen LogP contribution in [0.4, 0.5) is 0 Å². The molecule has 1 fully saturated rings. The molecule has 0 bridgehead atoms. The summed E-state index contributed by atoms with van der Waals surface area (Å²) in [5.74, 6) is 0.778. The Morgan fingerprint density at radius 3 is 2.67 bits per heavy atom. The van der Waals surface area contributed by atoms with Crippen LogP contribution in [0.5, 0.6) is 5.75 Å². The van der Waals surface area contributed by atoms with Crippen LogP contribution in [0.2, 0.25) is 0 Å². The Hall–Kier alpha value is -3.19. The second-order valence-electron chi connectivity index (χ2n) is 7.54. The molecular formula is C23H27N5O2. The van der Waals surface area contributed by atoms with E-state index >= 15 is 0 Å². The fourth-order valence-corrected chi connectivity index (χ4v) is 3.91. The smallest absolute Gasteiger partial charge is 0.251 e. The van der Waals surface area contributed by atoms with E-state index in [-0.39, 0.29) is 11.9 Å². The minimum absolute atomic E-state index is 0.0607. The third-order valence-corrected chi connectivity index (χ3v) is 5.54. The van der Waals surface area contributed by atoms with Crippen molar-refractivity contribution in [3.05, 3.63) is 77.9 Å². The first-order valence-electron chi connectivity index (χ1n) is 10.3. The monoisotopic (exact) mass is 405 g/mol. The van der Waals surface area contributed by atoms with Gasteiger partial charge in [-0.3, -0.25) is 9.69 Å². The number of likely N-dealkylation sites (tertiary alicyclic amines) is 1. The Morgan fingerprint density at radius 1 is 1.17 bits per heavy atom. The van der Waals surface area contributed by atoms with E-state index < -0.39 is 0 Å². The zero-order valence-corrected chi connectivity index (χ0v) is 17.2. The number of nitrogens with one attached hydrogen (secondary N) is 1. The number of amides is 1. The van der Waals surface area contributed by atoms with Gasteiger partial charge in [-0.25, -0.2) is 9.67 Å². The fourth-order valence-electron chi connectivity index (χ4n) is 3.91. The number of carbonyl (C=O) groups excluding carboxylic acids is 1. The molecule has 0 radical (unpaired) electrons. The molecule has 1 aromatic heterocycles. The predicted octanol–water partition coefficient (Wildman–Crippen LogP) is 2.90. The van der Waals surface area contributed by atoms with Gasteiger partial charge in [0.15, 0.2) is 0 Å². The van der Waals surface area contributed by atoms with Crippen molar-refractivity contribution in [2.24, 2.45) is 0 Å². The van der Waals surface area contributed by atoms with E-state index in [0.717, 1.165) is 24.4 Å². The Bertz CT molecular complexity index is 950. The molecule has 7 nitrogen and oxygen atoms in total. The number of benzene rings is 2. The van der Waals surface area contributed by atoms with Gasteiger partial charge in [0.1, 0.15) is 18.4 Å². The normalized spacial score (nSPS) is 15.1. The first-order chi connectivity index (χ1) is 14.7. The minimum Gasteiger partial charge on any atom is -0.497 e. The van der Waals surface area contributed by atoms with Crippen LogP contribution in [0.3, 0.4) is 0 Å². The van der Waals surface area contributed by atoms with Crippen LogP contribution >= 0.6 is 0 Å². The maximum Gasteiger partial charge on any atom is 0.251 e. The molecule has 1 saturated heterocycles. The van der Waals surface area contributed by atoms with Gasteiger partial charge >= 0.3 is 0 Å². The Balaban J connectivity index is 1.41. The summed E-state index contributed by atoms with van der Waals surface area (Å²) in [6, 6.07) is 15.9. The number of nitrogens with zero attached hydrogens (tertiary/aromatic N) is 4. The van der Waals surface area contributed by atoms with Crippen LogP contribution in [0.25, 0.3) is 0 Å². The average Bonchev–Trinajstić information content (AvgIpc) is 3.49. The van der Waals surface area contributed by atoms with E-state index in [1.807, 2.05) is 36.4 Å². The Labute approximate surface area is 176 Å². The van der Waals surface area contributed by atoms with Crippen molar-refractivity contribution in [2.75, 3.05) is 26.7 Å². The molecule has 30 heavy (non-hydrogen) atoms. The quantitative estimate of drug-likeness (QED) is 0.624. The molecule has 4 rings (SSSR count). The van der Waals surface area contributed by atoms with Crippen LogP contribution in [-0.4, -0.2) is 52.3 Å². The minimum atomic E-state index is -0.0607. The lowest BCUT2D eigenvalue weighted by Crippen LogP contribution is -2.36. The number of hydrogen-bond acceptors (Lipinski definition) is 5. The van der Waals surface area contributed by atoms with Crippen molar-refractivity contribution in [2.45, 2.75) is 25.4 Å². The molecule has 0 aliphatic carbocycles. The van der Waals surface area contributed by atoms with Crippen LogP contribution in [0.15, 0.2) is 61.2 Å². The zero-order valence-electron chi connectivity index (χ0n) is 17.2. The summed E-state index contributed by atoms with van der Waals surface area (Å²) in [5.41, 5.74) is 2.89. The molecule has 3 aromatic rings. The SMILES string of the molecule is COc1cccc(C(CNC(=O)c2ccc(Cn3cncn3)cc2)N2CCCC2)c1. The summed E-state index contributed by atoms with van der Waals surface area (Å²) in [6.45, 7) is 3.30. The van der Waals surface area contributed by atoms with E-state index in [1.165, 1.54) is 24.7 Å². The highest BCUT2D eigenvalue weighted by atomic mass is 16.5. The molecule has 1 N–H and O–H groups in total. The summed E-state index contributed by atoms with van der Waals surface area (Å²) >= 11 is 0. The lowest BCUT2D eigenvalue weighted by molar-refractivity contribution is 0.0938. The van der Waals surface area contributed by atoms with Crippen molar-refractivity contribution < 1.29 is 9.53 Å². The van der Waals surface area contributed by atoms with Gasteiger partial charge in [0.05, 0.1) is 19.7 Å². The standard InChI is InChI=1S/C23H27N5O2/c1-30-21-6-4-5-20(13-21)22(27-11-2-3-12-27)14-25-23(29)19-9-7-18(8-10-19)15-28-17-24-16-26-28/h4-10,13,16-17,22H,2-3,11-12,14-15H2,1H3,(H,25,29). The molecule has 0 spiro atoms. The van der Waals surface area contributed by atoms with Gasteiger partial charge in [-0.1, -0.05) is 24.3 Å². The molecule has 1 aliphatic rings. The van der Waals surface area contributed by atoms with E-state index in [0.29, 0.717) is 18.7 Å². The third-order valence-electron chi connectivity index (χ3n) is 5.54. The number of carbonyl (C=O) groups is 1. The highest BCUT2D eigenvalue weighted by Gasteiger charge is 2.24. The fraction of sp³-hybridized carbons (Fsp3) is 0.348. The molecule has 1 amide bonds. The van der Waals surface area contributed by atoms with Crippen LogP contribution in [-0.2, 0) is 6.54 Å². The molecular weight excluding hydrogens is 378 g/mol. The number of rotatable bonds is 8. The molecule has 156 valence electrons. The van der Waals surface area contributed by atoms with E-state index in [9.17, 15) is 4.79 Å². The molecule has 1 atom stereocenters. The van der Waals surface area contributed by atoms with Crippen molar-refractivity contribution in [1.29, 1.82) is 0 Å². The van der Waals surface area contributed by atoms with E-state index in [2.05, 4.69) is 32.4 Å². The maximum atomic E-state index is 12.8. The molecule has 2 heterocycles. The van der Waals surface area contributed by atoms with Gasteiger partial charge in [-0.05, 0) is 61.3 Å². The molecule has 1 aliphatic heterocycles. The number of aromatic nitrogens is 3. The lowest BCUT2D eigenvalue weighted by atomic mass is 10.0. The highest BCUT2D eigenvalue weighted by Crippen LogP contribution is 2.27. The number of hydrogen-bond donors (Lipinski definition) is 1. The average molecular weight is 406 g/mol. The first-order valence-corrected chi connectivity index (χ1v) is 10.3. The third kappa shape index (κ3) is 4.86. The van der Waals surface area contributed by atoms with Crippen molar-refractivity contribution in [3.8, 4) is 5.75 Å². The van der Waals surface area contributed by atoms with Gasteiger partial charge in [-0.2, -0.15) is 5.10 Å². The highest BCUT2D eigenvalue weighted by molar-refractivity contribution is 5.94. The van der Waals surface area contributed by atoms with E-state index in [1.54, 1.807) is 18.1 Å². The molecule has 2 aromatic carbocycles. The second kappa shape index (κ2) is 9.54. The largest absolute Gasteiger partial charge is 0.497 e. The summed E-state index contributed by atoms with van der Waals surface area (Å²) in [5, 5.41) is 7.24. The Kier molecular flexibility index (Phi) is 6.39. The van der Waals surface area contributed by atoms with Crippen molar-refractivity contribution >= 4 is 5.91 Å². The van der Waals surface area contributed by atoms with Gasteiger partial charge in [-0.15, -0.1) is 0 Å². The van der Waals surface area contributed by atoms with Gasteiger partial charge < -0.3 is 10.1 Å². The van der Waals surface area contributed by atoms with Crippen LogP contribution in [0, 0.1) is 0 Å². The van der Waals surface area contributed by atoms with E-state index in [4.69, 9.17) is 4.74 Å². The molecule has 1 unspecified atom stereocenters. The lowest BCUT2D eigenvalue weighted by Gasteiger charge is -2.28. The zero-order chi connectivity index (χ0) is 20.8.